The molecule has 21 heavy (non-hydrogen) atoms. The number of hydrogen-bond acceptors (Lipinski definition) is 4. The van der Waals surface area contributed by atoms with Crippen LogP contribution >= 0.6 is 24.0 Å². The first-order valence-corrected chi connectivity index (χ1v) is 6.89. The lowest BCUT2D eigenvalue weighted by Crippen LogP contribution is -2.23. The molecule has 2 aliphatic rings. The third kappa shape index (κ3) is 3.52. The summed E-state index contributed by atoms with van der Waals surface area (Å²) < 4.78 is 38.9. The van der Waals surface area contributed by atoms with E-state index in [9.17, 15) is 13.2 Å². The van der Waals surface area contributed by atoms with Gasteiger partial charge in [0.2, 0.25) is 0 Å². The lowest BCUT2D eigenvalue weighted by Gasteiger charge is -2.18. The number of hydrogen-bond donors (Lipinski definition) is 2. The van der Waals surface area contributed by atoms with Crippen molar-refractivity contribution in [1.29, 1.82) is 0 Å². The standard InChI is InChI=1S/C12H14ClF3N4.ClH/c13-10-3-9(12(14,15)16)11(20-19-10)18-8-1-6-4-17-5-7(6)2-8;/h3,6-8,17H,1-2,4-5H2,(H,18,20);1H/t6-,7+,8-;. The van der Waals surface area contributed by atoms with Crippen molar-refractivity contribution in [3.63, 3.8) is 0 Å². The van der Waals surface area contributed by atoms with E-state index in [1.54, 1.807) is 0 Å². The topological polar surface area (TPSA) is 49.8 Å². The highest BCUT2D eigenvalue weighted by Gasteiger charge is 2.40. The SMILES string of the molecule is Cl.FC(F)(F)c1cc(Cl)nnc1N[C@H]1C[C@H]2CNC[C@H]2C1. The fourth-order valence-electron chi connectivity index (χ4n) is 3.17. The molecule has 0 spiro atoms. The van der Waals surface area contributed by atoms with Crippen LogP contribution in [0.5, 0.6) is 0 Å². The Morgan fingerprint density at radius 3 is 2.38 bits per heavy atom. The lowest BCUT2D eigenvalue weighted by molar-refractivity contribution is -0.137. The van der Waals surface area contributed by atoms with Crippen LogP contribution in [0.4, 0.5) is 19.0 Å². The van der Waals surface area contributed by atoms with Gasteiger partial charge in [-0.3, -0.25) is 0 Å². The number of anilines is 1. The molecule has 0 radical (unpaired) electrons. The van der Waals surface area contributed by atoms with Gasteiger partial charge in [0.1, 0.15) is 5.56 Å². The predicted octanol–water partition coefficient (Wildman–Crippen LogP) is 2.98. The summed E-state index contributed by atoms with van der Waals surface area (Å²) in [6.07, 6.45) is -2.77. The van der Waals surface area contributed by atoms with E-state index in [4.69, 9.17) is 11.6 Å². The molecule has 0 unspecified atom stereocenters. The van der Waals surface area contributed by atoms with E-state index >= 15 is 0 Å². The maximum absolute atomic E-state index is 13.0. The Bertz CT molecular complexity index is 500. The minimum absolute atomic E-state index is 0. The molecule has 3 rings (SSSR count). The van der Waals surface area contributed by atoms with Crippen molar-refractivity contribution in [2.45, 2.75) is 25.1 Å². The van der Waals surface area contributed by atoms with Crippen molar-refractivity contribution in [1.82, 2.24) is 15.5 Å². The van der Waals surface area contributed by atoms with Gasteiger partial charge in [0.05, 0.1) is 0 Å². The first-order chi connectivity index (χ1) is 9.43. The van der Waals surface area contributed by atoms with E-state index in [0.29, 0.717) is 11.8 Å². The molecule has 3 atom stereocenters. The van der Waals surface area contributed by atoms with Crippen LogP contribution in [0.2, 0.25) is 5.15 Å². The number of alkyl halides is 3. The normalized spacial score (nSPS) is 28.1. The second kappa shape index (κ2) is 6.14. The van der Waals surface area contributed by atoms with Crippen LogP contribution in [-0.4, -0.2) is 29.3 Å². The molecule has 2 heterocycles. The van der Waals surface area contributed by atoms with Crippen molar-refractivity contribution in [3.8, 4) is 0 Å². The van der Waals surface area contributed by atoms with Crippen LogP contribution in [0, 0.1) is 11.8 Å². The summed E-state index contributed by atoms with van der Waals surface area (Å²) in [5, 5.41) is 13.0. The number of fused-ring (bicyclic) bond motifs is 1. The highest BCUT2D eigenvalue weighted by atomic mass is 35.5. The second-order valence-corrected chi connectivity index (χ2v) is 5.81. The van der Waals surface area contributed by atoms with Crippen LogP contribution in [0.25, 0.3) is 0 Å². The molecule has 1 aliphatic heterocycles. The molecule has 0 bridgehead atoms. The van der Waals surface area contributed by atoms with E-state index in [-0.39, 0.29) is 29.4 Å². The molecule has 1 saturated heterocycles. The summed E-state index contributed by atoms with van der Waals surface area (Å²) in [5.74, 6) is 0.865. The van der Waals surface area contributed by atoms with Gasteiger partial charge in [-0.1, -0.05) is 11.6 Å². The number of aromatic nitrogens is 2. The van der Waals surface area contributed by atoms with Crippen LogP contribution in [0.1, 0.15) is 18.4 Å². The Labute approximate surface area is 131 Å². The molecule has 0 aromatic carbocycles. The van der Waals surface area contributed by atoms with E-state index in [0.717, 1.165) is 32.0 Å². The second-order valence-electron chi connectivity index (χ2n) is 5.42. The molecule has 9 heteroatoms. The van der Waals surface area contributed by atoms with Crippen molar-refractivity contribution < 1.29 is 13.2 Å². The maximum atomic E-state index is 13.0. The van der Waals surface area contributed by atoms with E-state index in [1.165, 1.54) is 0 Å². The summed E-state index contributed by atoms with van der Waals surface area (Å²) in [5.41, 5.74) is -0.854. The summed E-state index contributed by atoms with van der Waals surface area (Å²) in [4.78, 5) is 0. The number of halogens is 5. The highest BCUT2D eigenvalue weighted by Crippen LogP contribution is 2.39. The summed E-state index contributed by atoms with van der Waals surface area (Å²) in [7, 11) is 0. The zero-order chi connectivity index (χ0) is 14.3. The third-order valence-electron chi connectivity index (χ3n) is 4.06. The lowest BCUT2D eigenvalue weighted by atomic mass is 10.0. The van der Waals surface area contributed by atoms with Crippen molar-refractivity contribution in [3.05, 3.63) is 16.8 Å². The highest BCUT2D eigenvalue weighted by molar-refractivity contribution is 6.29. The zero-order valence-electron chi connectivity index (χ0n) is 11.0. The molecule has 2 N–H and O–H groups in total. The smallest absolute Gasteiger partial charge is 0.365 e. The van der Waals surface area contributed by atoms with Gasteiger partial charge in [-0.25, -0.2) is 0 Å². The first kappa shape index (κ1) is 16.6. The van der Waals surface area contributed by atoms with Gasteiger partial charge in [0.15, 0.2) is 11.0 Å². The van der Waals surface area contributed by atoms with Crippen LogP contribution in [0.3, 0.4) is 0 Å². The molecule has 1 aliphatic carbocycles. The Balaban J connectivity index is 0.00000161. The van der Waals surface area contributed by atoms with Crippen molar-refractivity contribution in [2.24, 2.45) is 11.8 Å². The Morgan fingerprint density at radius 1 is 1.19 bits per heavy atom. The van der Waals surface area contributed by atoms with Gasteiger partial charge >= 0.3 is 6.18 Å². The molecule has 1 aromatic heterocycles. The van der Waals surface area contributed by atoms with Gasteiger partial charge in [0, 0.05) is 6.04 Å². The van der Waals surface area contributed by atoms with Crippen LogP contribution in [0.15, 0.2) is 6.07 Å². The van der Waals surface area contributed by atoms with E-state index in [1.807, 2.05) is 0 Å². The molecule has 118 valence electrons. The summed E-state index contributed by atoms with van der Waals surface area (Å²) in [6, 6.07) is 0.831. The molecule has 1 saturated carbocycles. The Morgan fingerprint density at radius 2 is 1.81 bits per heavy atom. The maximum Gasteiger partial charge on any atom is 0.420 e. The van der Waals surface area contributed by atoms with Gasteiger partial charge in [-0.15, -0.1) is 22.6 Å². The molecule has 2 fully saturated rings. The quantitative estimate of drug-likeness (QED) is 0.867. The monoisotopic (exact) mass is 342 g/mol. The number of nitrogens with one attached hydrogen (secondary N) is 2. The van der Waals surface area contributed by atoms with Gasteiger partial charge in [-0.05, 0) is 43.8 Å². The average molecular weight is 343 g/mol. The molecular weight excluding hydrogens is 328 g/mol. The van der Waals surface area contributed by atoms with E-state index in [2.05, 4.69) is 20.8 Å². The summed E-state index contributed by atoms with van der Waals surface area (Å²) in [6.45, 7) is 1.89. The molecule has 1 aromatic rings. The zero-order valence-corrected chi connectivity index (χ0v) is 12.5. The van der Waals surface area contributed by atoms with Crippen molar-refractivity contribution >= 4 is 29.8 Å². The van der Waals surface area contributed by atoms with Crippen molar-refractivity contribution in [2.75, 3.05) is 18.4 Å². The van der Waals surface area contributed by atoms with Crippen LogP contribution in [-0.2, 0) is 6.18 Å². The first-order valence-electron chi connectivity index (χ1n) is 6.51. The minimum Gasteiger partial charge on any atom is -0.365 e. The largest absolute Gasteiger partial charge is 0.420 e. The fraction of sp³-hybridized carbons (Fsp3) is 0.667. The Hall–Kier alpha value is -0.790. The Kier molecular flexibility index (Phi) is 4.85. The van der Waals surface area contributed by atoms with E-state index < -0.39 is 11.7 Å². The average Bonchev–Trinajstić information content (AvgIpc) is 2.90. The van der Waals surface area contributed by atoms with Gasteiger partial charge in [-0.2, -0.15) is 13.2 Å². The minimum atomic E-state index is -4.49. The van der Waals surface area contributed by atoms with Gasteiger partial charge in [0.25, 0.3) is 0 Å². The van der Waals surface area contributed by atoms with Crippen LogP contribution < -0.4 is 10.6 Å². The molecule has 4 nitrogen and oxygen atoms in total. The number of nitrogens with zero attached hydrogens (tertiary/aromatic N) is 2. The fourth-order valence-corrected chi connectivity index (χ4v) is 3.31. The van der Waals surface area contributed by atoms with Gasteiger partial charge < -0.3 is 10.6 Å². The molecular formula is C12H15Cl2F3N4. The third-order valence-corrected chi connectivity index (χ3v) is 4.25. The summed E-state index contributed by atoms with van der Waals surface area (Å²) >= 11 is 5.51. The predicted molar refractivity (Wildman–Crippen MR) is 75.8 cm³/mol. The molecule has 0 amide bonds. The number of rotatable bonds is 2.